The zero-order chi connectivity index (χ0) is 24.4. The molecule has 35 heavy (non-hydrogen) atoms. The number of benzene rings is 1. The fourth-order valence-electron chi connectivity index (χ4n) is 4.77. The maximum atomic E-state index is 13.4. The van der Waals surface area contributed by atoms with Gasteiger partial charge in [0.2, 0.25) is 11.8 Å². The smallest absolute Gasteiger partial charge is 0.230 e. The van der Waals surface area contributed by atoms with E-state index < -0.39 is 5.92 Å². The van der Waals surface area contributed by atoms with Gasteiger partial charge in [0.05, 0.1) is 11.7 Å². The van der Waals surface area contributed by atoms with Gasteiger partial charge in [-0.15, -0.1) is 0 Å². The quantitative estimate of drug-likeness (QED) is 0.421. The largest absolute Gasteiger partial charge is 0.351 e. The topological polar surface area (TPSA) is 105 Å². The van der Waals surface area contributed by atoms with Crippen LogP contribution in [0.1, 0.15) is 50.6 Å². The highest BCUT2D eigenvalue weighted by Gasteiger charge is 2.37. The van der Waals surface area contributed by atoms with Crippen LogP contribution in [0, 0.1) is 6.92 Å². The first-order valence-electron chi connectivity index (χ1n) is 11.5. The van der Waals surface area contributed by atoms with E-state index >= 15 is 0 Å². The minimum absolute atomic E-state index is 0.00969. The van der Waals surface area contributed by atoms with E-state index in [1.807, 2.05) is 36.2 Å². The summed E-state index contributed by atoms with van der Waals surface area (Å²) >= 11 is 1.29. The molecule has 5 rings (SSSR count). The molecule has 0 spiro atoms. The minimum Gasteiger partial charge on any atom is -0.351 e. The van der Waals surface area contributed by atoms with Crippen molar-refractivity contribution in [1.82, 2.24) is 25.2 Å². The zero-order valence-electron chi connectivity index (χ0n) is 19.4. The van der Waals surface area contributed by atoms with Crippen LogP contribution in [-0.2, 0) is 29.1 Å². The van der Waals surface area contributed by atoms with Gasteiger partial charge >= 0.3 is 0 Å². The first-order valence-corrected chi connectivity index (χ1v) is 12.5. The minimum atomic E-state index is -0.413. The molecule has 0 saturated heterocycles. The molecule has 2 aromatic heterocycles. The Labute approximate surface area is 207 Å². The highest BCUT2D eigenvalue weighted by atomic mass is 32.2. The third-order valence-electron chi connectivity index (χ3n) is 6.57. The molecule has 0 bridgehead atoms. The predicted octanol–water partition coefficient (Wildman–Crippen LogP) is 2.84. The summed E-state index contributed by atoms with van der Waals surface area (Å²) in [5, 5.41) is 3.55. The normalized spacial score (nSPS) is 16.5. The van der Waals surface area contributed by atoms with Crippen LogP contribution in [0.2, 0.25) is 0 Å². The first kappa shape index (κ1) is 23.2. The second-order valence-electron chi connectivity index (χ2n) is 8.70. The molecule has 1 unspecified atom stereocenters. The van der Waals surface area contributed by atoms with Crippen molar-refractivity contribution >= 4 is 29.4 Å². The lowest BCUT2D eigenvalue weighted by molar-refractivity contribution is -0.133. The molecule has 0 fully saturated rings. The van der Waals surface area contributed by atoms with Crippen LogP contribution in [-0.4, -0.2) is 49.7 Å². The second-order valence-corrected chi connectivity index (χ2v) is 9.64. The van der Waals surface area contributed by atoms with Crippen LogP contribution < -0.4 is 5.32 Å². The van der Waals surface area contributed by atoms with Gasteiger partial charge in [0, 0.05) is 55.9 Å². The zero-order valence-corrected chi connectivity index (χ0v) is 20.2. The van der Waals surface area contributed by atoms with Crippen molar-refractivity contribution < 1.29 is 14.4 Å². The fraction of sp³-hybridized carbons (Fsp3) is 0.308. The number of pyridine rings is 1. The Hall–Kier alpha value is -3.59. The molecule has 3 heterocycles. The van der Waals surface area contributed by atoms with Gasteiger partial charge in [-0.2, -0.15) is 0 Å². The molecular formula is C26H25N5O3S. The molecule has 2 amide bonds. The van der Waals surface area contributed by atoms with Gasteiger partial charge in [-0.1, -0.05) is 36.0 Å². The van der Waals surface area contributed by atoms with Gasteiger partial charge < -0.3 is 10.2 Å². The van der Waals surface area contributed by atoms with Crippen LogP contribution in [0.15, 0.2) is 54.1 Å². The second kappa shape index (κ2) is 9.95. The number of aromatic nitrogens is 3. The number of thioether (sulfide) groups is 1. The molecule has 3 aromatic rings. The van der Waals surface area contributed by atoms with Gasteiger partial charge in [-0.25, -0.2) is 9.97 Å². The van der Waals surface area contributed by atoms with Gasteiger partial charge in [0.1, 0.15) is 0 Å². The van der Waals surface area contributed by atoms with Gasteiger partial charge in [0.15, 0.2) is 10.9 Å². The summed E-state index contributed by atoms with van der Waals surface area (Å²) in [7, 11) is 0. The number of fused-ring (bicyclic) bond motifs is 2. The van der Waals surface area contributed by atoms with E-state index in [-0.39, 0.29) is 29.8 Å². The van der Waals surface area contributed by atoms with Crippen molar-refractivity contribution in [2.75, 3.05) is 12.3 Å². The lowest BCUT2D eigenvalue weighted by atomic mass is 9.93. The summed E-state index contributed by atoms with van der Waals surface area (Å²) in [6.07, 6.45) is 6.04. The number of hydrogen-bond donors (Lipinski definition) is 1. The van der Waals surface area contributed by atoms with Crippen LogP contribution >= 0.6 is 11.8 Å². The molecule has 0 saturated carbocycles. The van der Waals surface area contributed by atoms with Crippen molar-refractivity contribution in [3.8, 4) is 0 Å². The lowest BCUT2D eigenvalue weighted by Crippen LogP contribution is -2.39. The number of aryl methyl sites for hydroxylation is 1. The van der Waals surface area contributed by atoms with E-state index in [9.17, 15) is 14.4 Å². The molecule has 8 nitrogen and oxygen atoms in total. The number of ketones is 1. The lowest BCUT2D eigenvalue weighted by Gasteiger charge is -2.32. The molecule has 9 heteroatoms. The summed E-state index contributed by atoms with van der Waals surface area (Å²) in [6.45, 7) is 3.35. The van der Waals surface area contributed by atoms with Crippen molar-refractivity contribution in [1.29, 1.82) is 0 Å². The van der Waals surface area contributed by atoms with Crippen molar-refractivity contribution in [3.63, 3.8) is 0 Å². The monoisotopic (exact) mass is 487 g/mol. The molecule has 1 aliphatic heterocycles. The molecule has 2 aliphatic rings. The molecule has 1 aromatic carbocycles. The van der Waals surface area contributed by atoms with Crippen LogP contribution in [0.4, 0.5) is 0 Å². The summed E-state index contributed by atoms with van der Waals surface area (Å²) in [5.74, 6) is -0.261. The Morgan fingerprint density at radius 2 is 1.94 bits per heavy atom. The van der Waals surface area contributed by atoms with E-state index in [4.69, 9.17) is 0 Å². The highest BCUT2D eigenvalue weighted by molar-refractivity contribution is 7.99. The summed E-state index contributed by atoms with van der Waals surface area (Å²) < 4.78 is 0. The Morgan fingerprint density at radius 3 is 2.77 bits per heavy atom. The summed E-state index contributed by atoms with van der Waals surface area (Å²) in [4.78, 5) is 52.7. The SMILES string of the molecule is Cc1ncc2c(c1CNC(=O)CSc1ncccn1)CCN(C(=O)C1CC(=O)c3ccccc31)C2. The summed E-state index contributed by atoms with van der Waals surface area (Å²) in [6, 6.07) is 9.13. The number of amides is 2. The molecule has 1 aliphatic carbocycles. The number of carbonyl (C=O) groups excluding carboxylic acids is 3. The van der Waals surface area contributed by atoms with E-state index in [0.29, 0.717) is 36.8 Å². The molecule has 1 N–H and O–H groups in total. The summed E-state index contributed by atoms with van der Waals surface area (Å²) in [5.41, 5.74) is 5.50. The molecule has 0 radical (unpaired) electrons. The number of hydrogen-bond acceptors (Lipinski definition) is 7. The average molecular weight is 488 g/mol. The van der Waals surface area contributed by atoms with Gasteiger partial charge in [-0.05, 0) is 41.7 Å². The maximum Gasteiger partial charge on any atom is 0.230 e. The molecular weight excluding hydrogens is 462 g/mol. The first-order chi connectivity index (χ1) is 17.0. The number of carbonyl (C=O) groups is 3. The van der Waals surface area contributed by atoms with E-state index in [1.165, 1.54) is 11.8 Å². The van der Waals surface area contributed by atoms with Crippen molar-refractivity contribution in [2.45, 2.75) is 43.9 Å². The Morgan fingerprint density at radius 1 is 1.14 bits per heavy atom. The molecule has 178 valence electrons. The number of nitrogens with zero attached hydrogens (tertiary/aromatic N) is 4. The molecule has 1 atom stereocenters. The van der Waals surface area contributed by atoms with Crippen LogP contribution in [0.25, 0.3) is 0 Å². The van der Waals surface area contributed by atoms with Crippen LogP contribution in [0.3, 0.4) is 0 Å². The number of Topliss-reactive ketones (excluding diaryl/α,β-unsaturated/α-hetero) is 1. The van der Waals surface area contributed by atoms with Crippen molar-refractivity contribution in [3.05, 3.63) is 82.4 Å². The predicted molar refractivity (Wildman–Crippen MR) is 131 cm³/mol. The van der Waals surface area contributed by atoms with Gasteiger partial charge in [0.25, 0.3) is 0 Å². The fourth-order valence-corrected chi connectivity index (χ4v) is 5.41. The number of rotatable bonds is 6. The third kappa shape index (κ3) is 4.81. The Balaban J connectivity index is 1.25. The number of nitrogens with one attached hydrogen (secondary N) is 1. The van der Waals surface area contributed by atoms with Crippen LogP contribution in [0.5, 0.6) is 0 Å². The van der Waals surface area contributed by atoms with E-state index in [2.05, 4.69) is 20.3 Å². The third-order valence-corrected chi connectivity index (χ3v) is 7.44. The average Bonchev–Trinajstić information content (AvgIpc) is 3.23. The Bertz CT molecular complexity index is 1300. The Kier molecular flexibility index (Phi) is 6.59. The van der Waals surface area contributed by atoms with E-state index in [1.54, 1.807) is 24.5 Å². The van der Waals surface area contributed by atoms with E-state index in [0.717, 1.165) is 27.9 Å². The maximum absolute atomic E-state index is 13.4. The standard InChI is InChI=1S/C26H25N5O3S/c1-16-22(13-30-24(33)15-35-26-27-8-4-9-28-26)18-7-10-31(14-17(18)12-29-16)25(34)21-11-23(32)20-6-3-2-5-19(20)21/h2-6,8-9,12,21H,7,10-11,13-15H2,1H3,(H,30,33). The van der Waals surface area contributed by atoms with Crippen molar-refractivity contribution in [2.24, 2.45) is 0 Å². The van der Waals surface area contributed by atoms with Gasteiger partial charge in [-0.3, -0.25) is 19.4 Å². The highest BCUT2D eigenvalue weighted by Crippen LogP contribution is 2.35.